The molecule has 0 radical (unpaired) electrons. The molecule has 0 spiro atoms. The Morgan fingerprint density at radius 3 is 2.33 bits per heavy atom. The van der Waals surface area contributed by atoms with Gasteiger partial charge in [0, 0.05) is 39.8 Å². The average Bonchev–Trinajstić information content (AvgIpc) is 2.52. The second-order valence-electron chi connectivity index (χ2n) is 5.93. The van der Waals surface area contributed by atoms with Crippen molar-refractivity contribution >= 4 is 5.96 Å². The first kappa shape index (κ1) is 20.2. The highest BCUT2D eigenvalue weighted by molar-refractivity contribution is 5.79. The van der Waals surface area contributed by atoms with E-state index in [0.29, 0.717) is 12.6 Å². The van der Waals surface area contributed by atoms with E-state index in [1.807, 2.05) is 11.9 Å². The first-order chi connectivity index (χ1) is 11.3. The summed E-state index contributed by atoms with van der Waals surface area (Å²) >= 11 is 0. The molecule has 0 aliphatic rings. The highest BCUT2D eigenvalue weighted by Gasteiger charge is 2.09. The maximum atomic E-state index is 12.1. The molecule has 0 heterocycles. The highest BCUT2D eigenvalue weighted by atomic mass is 19.3. The number of ether oxygens (including phenoxy) is 1. The van der Waals surface area contributed by atoms with Crippen molar-refractivity contribution in [1.82, 2.24) is 15.1 Å². The first-order valence-electron chi connectivity index (χ1n) is 7.99. The molecule has 0 bridgehead atoms. The van der Waals surface area contributed by atoms with Crippen molar-refractivity contribution in [3.63, 3.8) is 0 Å². The largest absolute Gasteiger partial charge is 0.435 e. The molecule has 1 rings (SSSR count). The fourth-order valence-electron chi connectivity index (χ4n) is 2.11. The second kappa shape index (κ2) is 10.1. The Balaban J connectivity index is 2.50. The van der Waals surface area contributed by atoms with E-state index in [1.54, 1.807) is 31.3 Å². The van der Waals surface area contributed by atoms with Gasteiger partial charge in [-0.3, -0.25) is 4.99 Å². The van der Waals surface area contributed by atoms with Crippen LogP contribution in [0.4, 0.5) is 8.78 Å². The van der Waals surface area contributed by atoms with Gasteiger partial charge in [-0.2, -0.15) is 8.78 Å². The predicted octanol–water partition coefficient (Wildman–Crippen LogP) is 2.64. The van der Waals surface area contributed by atoms with Gasteiger partial charge in [-0.05, 0) is 38.6 Å². The van der Waals surface area contributed by atoms with Crippen LogP contribution in [0.15, 0.2) is 29.3 Å². The summed E-state index contributed by atoms with van der Waals surface area (Å²) in [5.41, 5.74) is 0.987. The van der Waals surface area contributed by atoms with E-state index < -0.39 is 6.61 Å². The topological polar surface area (TPSA) is 40.1 Å². The molecule has 0 amide bonds. The third-order valence-corrected chi connectivity index (χ3v) is 3.77. The van der Waals surface area contributed by atoms with Gasteiger partial charge in [0.05, 0.1) is 0 Å². The fourth-order valence-corrected chi connectivity index (χ4v) is 2.11. The van der Waals surface area contributed by atoms with Gasteiger partial charge in [0.25, 0.3) is 0 Å². The second-order valence-corrected chi connectivity index (χ2v) is 5.93. The Kier molecular flexibility index (Phi) is 8.46. The van der Waals surface area contributed by atoms with Gasteiger partial charge in [-0.25, -0.2) is 0 Å². The van der Waals surface area contributed by atoms with Crippen molar-refractivity contribution in [1.29, 1.82) is 0 Å². The third-order valence-electron chi connectivity index (χ3n) is 3.77. The number of guanidine groups is 1. The van der Waals surface area contributed by atoms with Crippen molar-refractivity contribution < 1.29 is 13.5 Å². The highest BCUT2D eigenvalue weighted by Crippen LogP contribution is 2.15. The smallest absolute Gasteiger partial charge is 0.387 e. The first-order valence-corrected chi connectivity index (χ1v) is 7.99. The minimum atomic E-state index is -2.80. The van der Waals surface area contributed by atoms with Crippen LogP contribution < -0.4 is 10.1 Å². The zero-order valence-electron chi connectivity index (χ0n) is 15.1. The van der Waals surface area contributed by atoms with Gasteiger partial charge in [0.1, 0.15) is 5.75 Å². The summed E-state index contributed by atoms with van der Waals surface area (Å²) in [6.07, 6.45) is 0. The zero-order chi connectivity index (χ0) is 18.1. The normalized spacial score (nSPS) is 12.2. The van der Waals surface area contributed by atoms with E-state index >= 15 is 0 Å². The number of nitrogens with zero attached hydrogens (tertiary/aromatic N) is 3. The molecule has 0 aliphatic heterocycles. The van der Waals surface area contributed by atoms with Crippen molar-refractivity contribution in [2.75, 3.05) is 34.2 Å². The van der Waals surface area contributed by atoms with Crippen LogP contribution in [0.5, 0.6) is 5.75 Å². The summed E-state index contributed by atoms with van der Waals surface area (Å²) in [7, 11) is 5.76. The van der Waals surface area contributed by atoms with E-state index in [-0.39, 0.29) is 5.75 Å². The molecule has 24 heavy (non-hydrogen) atoms. The number of alkyl halides is 2. The van der Waals surface area contributed by atoms with Crippen LogP contribution in [0.1, 0.15) is 19.4 Å². The van der Waals surface area contributed by atoms with E-state index in [9.17, 15) is 8.78 Å². The van der Waals surface area contributed by atoms with Gasteiger partial charge < -0.3 is 19.9 Å². The Morgan fingerprint density at radius 2 is 1.83 bits per heavy atom. The predicted molar refractivity (Wildman–Crippen MR) is 93.7 cm³/mol. The van der Waals surface area contributed by atoms with Crippen LogP contribution in [-0.2, 0) is 6.54 Å². The summed E-state index contributed by atoms with van der Waals surface area (Å²) in [6.45, 7) is 3.85. The molecule has 0 atom stereocenters. The quantitative estimate of drug-likeness (QED) is 0.582. The molecule has 5 nitrogen and oxygen atoms in total. The van der Waals surface area contributed by atoms with Crippen LogP contribution in [0, 0.1) is 0 Å². The molecule has 0 aliphatic carbocycles. The van der Waals surface area contributed by atoms with E-state index in [0.717, 1.165) is 24.6 Å². The molecule has 0 saturated carbocycles. The van der Waals surface area contributed by atoms with Crippen LogP contribution in [-0.4, -0.2) is 62.6 Å². The third kappa shape index (κ3) is 7.12. The molecule has 136 valence electrons. The lowest BCUT2D eigenvalue weighted by atomic mass is 10.2. The number of aliphatic imine (C=N–C) groups is 1. The molecule has 0 fully saturated rings. The monoisotopic (exact) mass is 342 g/mol. The summed E-state index contributed by atoms with van der Waals surface area (Å²) in [4.78, 5) is 8.51. The van der Waals surface area contributed by atoms with E-state index in [4.69, 9.17) is 0 Å². The summed E-state index contributed by atoms with van der Waals surface area (Å²) in [5.74, 6) is 0.954. The molecule has 1 N–H and O–H groups in total. The number of rotatable bonds is 8. The van der Waals surface area contributed by atoms with Crippen molar-refractivity contribution in [3.05, 3.63) is 29.8 Å². The Hall–Kier alpha value is -1.89. The van der Waals surface area contributed by atoms with Crippen LogP contribution in [0.25, 0.3) is 0 Å². The molecule has 0 saturated heterocycles. The van der Waals surface area contributed by atoms with Crippen molar-refractivity contribution in [2.45, 2.75) is 33.0 Å². The molecule has 0 unspecified atom stereocenters. The maximum Gasteiger partial charge on any atom is 0.387 e. The van der Waals surface area contributed by atoms with Crippen LogP contribution in [0.3, 0.4) is 0 Å². The standard InChI is InChI=1S/C17H28F2N4O/c1-13(2)22(4)11-10-21-17(20-3)23(5)12-14-6-8-15(9-7-14)24-16(18)19/h6-9,13,16H,10-12H2,1-5H3,(H,20,21). The van der Waals surface area contributed by atoms with Crippen molar-refractivity contribution in [3.8, 4) is 5.75 Å². The molecule has 0 aromatic heterocycles. The van der Waals surface area contributed by atoms with E-state index in [1.165, 1.54) is 0 Å². The number of likely N-dealkylation sites (N-methyl/N-ethyl adjacent to an activating group) is 1. The zero-order valence-corrected chi connectivity index (χ0v) is 15.1. The molecule has 1 aromatic carbocycles. The van der Waals surface area contributed by atoms with Gasteiger partial charge in [-0.15, -0.1) is 0 Å². The number of hydrogen-bond acceptors (Lipinski definition) is 3. The van der Waals surface area contributed by atoms with Crippen LogP contribution >= 0.6 is 0 Å². The maximum absolute atomic E-state index is 12.1. The number of halogens is 2. The lowest BCUT2D eigenvalue weighted by Crippen LogP contribution is -2.42. The Labute approximate surface area is 143 Å². The fraction of sp³-hybridized carbons (Fsp3) is 0.588. The Morgan fingerprint density at radius 1 is 1.21 bits per heavy atom. The number of hydrogen-bond donors (Lipinski definition) is 1. The lowest BCUT2D eigenvalue weighted by molar-refractivity contribution is -0.0498. The number of benzene rings is 1. The summed E-state index contributed by atoms with van der Waals surface area (Å²) in [6, 6.07) is 7.13. The van der Waals surface area contributed by atoms with E-state index in [2.05, 4.69) is 40.8 Å². The lowest BCUT2D eigenvalue weighted by Gasteiger charge is -2.25. The van der Waals surface area contributed by atoms with Gasteiger partial charge >= 0.3 is 6.61 Å². The summed E-state index contributed by atoms with van der Waals surface area (Å²) in [5, 5.41) is 3.32. The Bertz CT molecular complexity index is 506. The van der Waals surface area contributed by atoms with Gasteiger partial charge in [0.15, 0.2) is 5.96 Å². The molecule has 1 aromatic rings. The average molecular weight is 342 g/mol. The number of nitrogens with one attached hydrogen (secondary N) is 1. The minimum absolute atomic E-state index is 0.163. The SMILES string of the molecule is CN=C(NCCN(C)C(C)C)N(C)Cc1ccc(OC(F)F)cc1. The van der Waals surface area contributed by atoms with Gasteiger partial charge in [-0.1, -0.05) is 12.1 Å². The molecular weight excluding hydrogens is 314 g/mol. The summed E-state index contributed by atoms with van der Waals surface area (Å²) < 4.78 is 28.6. The van der Waals surface area contributed by atoms with Gasteiger partial charge in [0.2, 0.25) is 0 Å². The van der Waals surface area contributed by atoms with Crippen LogP contribution in [0.2, 0.25) is 0 Å². The minimum Gasteiger partial charge on any atom is -0.435 e. The molecule has 7 heteroatoms. The van der Waals surface area contributed by atoms with Crippen molar-refractivity contribution in [2.24, 2.45) is 4.99 Å². The molecular formula is C17H28F2N4O.